The molecule has 4 heteroatoms. The molecule has 1 atom stereocenters. The van der Waals surface area contributed by atoms with Gasteiger partial charge >= 0.3 is 0 Å². The number of aliphatic hydroxyl groups is 1. The molecule has 1 nitrogen and oxygen atoms in total. The van der Waals surface area contributed by atoms with Gasteiger partial charge in [0.2, 0.25) is 0 Å². The van der Waals surface area contributed by atoms with Crippen LogP contribution in [0.2, 0.25) is 15.1 Å². The van der Waals surface area contributed by atoms with Crippen molar-refractivity contribution in [2.75, 3.05) is 6.61 Å². The van der Waals surface area contributed by atoms with E-state index >= 15 is 0 Å². The van der Waals surface area contributed by atoms with Crippen molar-refractivity contribution in [2.45, 2.75) is 12.3 Å². The fourth-order valence-corrected chi connectivity index (χ4v) is 2.90. The largest absolute Gasteiger partial charge is 0.396 e. The Kier molecular flexibility index (Phi) is 5.12. The third-order valence-electron chi connectivity index (χ3n) is 3.02. The van der Waals surface area contributed by atoms with Crippen LogP contribution < -0.4 is 0 Å². The summed E-state index contributed by atoms with van der Waals surface area (Å²) >= 11 is 18.2. The lowest BCUT2D eigenvalue weighted by molar-refractivity contribution is 0.264. The maximum Gasteiger partial charge on any atom is 0.0504 e. The van der Waals surface area contributed by atoms with Gasteiger partial charge in [0.05, 0.1) is 6.61 Å². The molecule has 0 saturated carbocycles. The molecule has 0 heterocycles. The minimum absolute atomic E-state index is 0.00786. The van der Waals surface area contributed by atoms with Crippen LogP contribution >= 0.6 is 34.8 Å². The third-order valence-corrected chi connectivity index (χ3v) is 3.93. The fourth-order valence-electron chi connectivity index (χ4n) is 2.06. The minimum atomic E-state index is -0.123. The molecule has 2 aromatic carbocycles. The van der Waals surface area contributed by atoms with Crippen molar-refractivity contribution >= 4 is 34.8 Å². The lowest BCUT2D eigenvalue weighted by Crippen LogP contribution is -2.09. The average Bonchev–Trinajstić information content (AvgIpc) is 2.39. The molecule has 1 unspecified atom stereocenters. The second-order valence-electron chi connectivity index (χ2n) is 4.35. The second-order valence-corrected chi connectivity index (χ2v) is 5.60. The molecule has 0 aliphatic heterocycles. The smallest absolute Gasteiger partial charge is 0.0504 e. The summed E-state index contributed by atoms with van der Waals surface area (Å²) in [4.78, 5) is 0. The molecule has 0 amide bonds. The molecule has 1 N–H and O–H groups in total. The van der Waals surface area contributed by atoms with Crippen LogP contribution in [-0.2, 0) is 6.42 Å². The van der Waals surface area contributed by atoms with Crippen LogP contribution in [-0.4, -0.2) is 11.7 Å². The first-order valence-corrected chi connectivity index (χ1v) is 7.04. The summed E-state index contributed by atoms with van der Waals surface area (Å²) in [6, 6.07) is 12.9. The van der Waals surface area contributed by atoms with Gasteiger partial charge in [-0.15, -0.1) is 0 Å². The van der Waals surface area contributed by atoms with E-state index in [2.05, 4.69) is 0 Å². The third kappa shape index (κ3) is 3.64. The Labute approximate surface area is 127 Å². The van der Waals surface area contributed by atoms with E-state index < -0.39 is 0 Å². The van der Waals surface area contributed by atoms with Gasteiger partial charge < -0.3 is 5.11 Å². The van der Waals surface area contributed by atoms with Crippen molar-refractivity contribution in [1.82, 2.24) is 0 Å². The van der Waals surface area contributed by atoms with Crippen molar-refractivity contribution in [2.24, 2.45) is 0 Å². The standard InChI is InChI=1S/C15H13Cl3O/c16-12-6-4-10(5-7-12)8-11(9-19)15-13(17)2-1-3-14(15)18/h1-7,11,19H,8-9H2. The molecule has 0 aliphatic rings. The van der Waals surface area contributed by atoms with Crippen LogP contribution in [0.25, 0.3) is 0 Å². The molecule has 0 fully saturated rings. The van der Waals surface area contributed by atoms with Gasteiger partial charge in [0.25, 0.3) is 0 Å². The normalized spacial score (nSPS) is 12.4. The van der Waals surface area contributed by atoms with Gasteiger partial charge in [0.15, 0.2) is 0 Å². The van der Waals surface area contributed by atoms with E-state index in [-0.39, 0.29) is 12.5 Å². The van der Waals surface area contributed by atoms with E-state index in [1.54, 1.807) is 18.2 Å². The Morgan fingerprint density at radius 3 is 2.00 bits per heavy atom. The van der Waals surface area contributed by atoms with Gasteiger partial charge in [-0.1, -0.05) is 53.0 Å². The van der Waals surface area contributed by atoms with E-state index in [0.717, 1.165) is 11.1 Å². The van der Waals surface area contributed by atoms with Crippen molar-refractivity contribution < 1.29 is 5.11 Å². The maximum absolute atomic E-state index is 9.60. The van der Waals surface area contributed by atoms with Crippen LogP contribution in [0, 0.1) is 0 Å². The molecular formula is C15H13Cl3O. The zero-order valence-corrected chi connectivity index (χ0v) is 12.4. The van der Waals surface area contributed by atoms with Gasteiger partial charge in [-0.3, -0.25) is 0 Å². The summed E-state index contributed by atoms with van der Waals surface area (Å²) in [5.41, 5.74) is 1.88. The molecular weight excluding hydrogens is 303 g/mol. The van der Waals surface area contributed by atoms with E-state index in [4.69, 9.17) is 34.8 Å². The lowest BCUT2D eigenvalue weighted by atomic mass is 9.92. The van der Waals surface area contributed by atoms with Crippen LogP contribution in [0.1, 0.15) is 17.0 Å². The van der Waals surface area contributed by atoms with Gasteiger partial charge in [0.1, 0.15) is 0 Å². The first-order chi connectivity index (χ1) is 9.11. The molecule has 2 aromatic rings. The first kappa shape index (κ1) is 14.7. The molecule has 0 saturated heterocycles. The van der Waals surface area contributed by atoms with Gasteiger partial charge in [0, 0.05) is 21.0 Å². The molecule has 0 aromatic heterocycles. The number of benzene rings is 2. The van der Waals surface area contributed by atoms with Gasteiger partial charge in [-0.05, 0) is 41.8 Å². The molecule has 2 rings (SSSR count). The number of halogens is 3. The maximum atomic E-state index is 9.60. The number of hydrogen-bond donors (Lipinski definition) is 1. The summed E-state index contributed by atoms with van der Waals surface area (Å²) in [6.45, 7) is -0.00786. The van der Waals surface area contributed by atoms with E-state index in [1.165, 1.54) is 0 Å². The molecule has 0 radical (unpaired) electrons. The predicted octanol–water partition coefficient (Wildman–Crippen LogP) is 4.97. The Hall–Kier alpha value is -0.730. The van der Waals surface area contributed by atoms with E-state index in [1.807, 2.05) is 24.3 Å². The van der Waals surface area contributed by atoms with Crippen LogP contribution in [0.15, 0.2) is 42.5 Å². The lowest BCUT2D eigenvalue weighted by Gasteiger charge is -2.17. The van der Waals surface area contributed by atoms with Crippen molar-refractivity contribution in [3.63, 3.8) is 0 Å². The number of rotatable bonds is 4. The van der Waals surface area contributed by atoms with Crippen LogP contribution in [0.3, 0.4) is 0 Å². The summed E-state index contributed by atoms with van der Waals surface area (Å²) in [6.07, 6.45) is 0.664. The van der Waals surface area contributed by atoms with Crippen molar-refractivity contribution in [3.8, 4) is 0 Å². The Bertz CT molecular complexity index is 532. The van der Waals surface area contributed by atoms with Gasteiger partial charge in [-0.2, -0.15) is 0 Å². The topological polar surface area (TPSA) is 20.2 Å². The molecule has 19 heavy (non-hydrogen) atoms. The minimum Gasteiger partial charge on any atom is -0.396 e. The zero-order valence-electron chi connectivity index (χ0n) is 10.1. The summed E-state index contributed by atoms with van der Waals surface area (Å²) in [7, 11) is 0. The monoisotopic (exact) mass is 314 g/mol. The summed E-state index contributed by atoms with van der Waals surface area (Å²) < 4.78 is 0. The predicted molar refractivity (Wildman–Crippen MR) is 81.4 cm³/mol. The highest BCUT2D eigenvalue weighted by Crippen LogP contribution is 2.33. The number of aliphatic hydroxyl groups excluding tert-OH is 1. The fraction of sp³-hybridized carbons (Fsp3) is 0.200. The molecule has 0 aliphatic carbocycles. The first-order valence-electron chi connectivity index (χ1n) is 5.91. The van der Waals surface area contributed by atoms with E-state index in [9.17, 15) is 5.11 Å². The Morgan fingerprint density at radius 1 is 0.895 bits per heavy atom. The molecule has 0 spiro atoms. The van der Waals surface area contributed by atoms with Crippen molar-refractivity contribution in [3.05, 3.63) is 68.7 Å². The van der Waals surface area contributed by atoms with Crippen LogP contribution in [0.4, 0.5) is 0 Å². The molecule has 0 bridgehead atoms. The van der Waals surface area contributed by atoms with Gasteiger partial charge in [-0.25, -0.2) is 0 Å². The highest BCUT2D eigenvalue weighted by molar-refractivity contribution is 6.36. The highest BCUT2D eigenvalue weighted by Gasteiger charge is 2.17. The SMILES string of the molecule is OCC(Cc1ccc(Cl)cc1)c1c(Cl)cccc1Cl. The quantitative estimate of drug-likeness (QED) is 0.845. The van der Waals surface area contributed by atoms with Crippen molar-refractivity contribution in [1.29, 1.82) is 0 Å². The highest BCUT2D eigenvalue weighted by atomic mass is 35.5. The molecule has 100 valence electrons. The summed E-state index contributed by atoms with van der Waals surface area (Å²) in [5, 5.41) is 11.5. The second kappa shape index (κ2) is 6.62. The van der Waals surface area contributed by atoms with E-state index in [0.29, 0.717) is 21.5 Å². The Morgan fingerprint density at radius 2 is 1.47 bits per heavy atom. The average molecular weight is 316 g/mol. The van der Waals surface area contributed by atoms with Crippen LogP contribution in [0.5, 0.6) is 0 Å². The summed E-state index contributed by atoms with van der Waals surface area (Å²) in [5.74, 6) is -0.123. The Balaban J connectivity index is 2.27. The zero-order chi connectivity index (χ0) is 13.8. The number of hydrogen-bond acceptors (Lipinski definition) is 1.